The van der Waals surface area contributed by atoms with Crippen LogP contribution in [0.1, 0.15) is 0 Å². The Balaban J connectivity index is 1.96. The zero-order chi connectivity index (χ0) is 7.94. The molecule has 66 valence electrons. The van der Waals surface area contributed by atoms with E-state index >= 15 is 0 Å². The zero-order valence-corrected chi connectivity index (χ0v) is 8.35. The lowest BCUT2D eigenvalue weighted by atomic mass is 10.4. The van der Waals surface area contributed by atoms with E-state index in [-0.39, 0.29) is 0 Å². The molecule has 1 saturated heterocycles. The first-order chi connectivity index (χ1) is 5.43. The minimum Gasteiger partial charge on any atom is -0.330 e. The van der Waals surface area contributed by atoms with Crippen LogP contribution in [0.15, 0.2) is 0 Å². The van der Waals surface area contributed by atoms with E-state index in [4.69, 9.17) is 5.73 Å². The number of nitrogens with one attached hydrogen (secondary N) is 1. The molecule has 3 N–H and O–H groups in total. The Labute approximate surface area is 77.1 Å². The highest BCUT2D eigenvalue weighted by atomic mass is 32.2. The maximum absolute atomic E-state index is 5.40. The molecule has 0 aromatic rings. The van der Waals surface area contributed by atoms with Crippen molar-refractivity contribution in [2.24, 2.45) is 5.73 Å². The summed E-state index contributed by atoms with van der Waals surface area (Å²) in [5.41, 5.74) is 5.40. The Kier molecular flexibility index (Phi) is 5.45. The Bertz CT molecular complexity index is 94.4. The summed E-state index contributed by atoms with van der Waals surface area (Å²) in [5.74, 6) is 3.64. The second-order valence-corrected chi connectivity index (χ2v) is 5.12. The zero-order valence-electron chi connectivity index (χ0n) is 6.71. The lowest BCUT2D eigenvalue weighted by Crippen LogP contribution is -2.34. The van der Waals surface area contributed by atoms with E-state index in [0.717, 1.165) is 17.5 Å². The Morgan fingerprint density at radius 2 is 2.55 bits per heavy atom. The minimum absolute atomic E-state index is 0.815. The molecule has 4 heteroatoms. The summed E-state index contributed by atoms with van der Waals surface area (Å²) in [6.45, 7) is 3.18. The molecule has 0 aromatic carbocycles. The maximum Gasteiger partial charge on any atom is 0.0263 e. The van der Waals surface area contributed by atoms with Crippen molar-refractivity contribution in [2.75, 3.05) is 36.9 Å². The summed E-state index contributed by atoms with van der Waals surface area (Å²) in [4.78, 5) is 0. The van der Waals surface area contributed by atoms with Crippen molar-refractivity contribution < 1.29 is 0 Å². The third kappa shape index (κ3) is 4.25. The van der Waals surface area contributed by atoms with Gasteiger partial charge in [0.05, 0.1) is 0 Å². The van der Waals surface area contributed by atoms with Gasteiger partial charge in [-0.25, -0.2) is 0 Å². The average Bonchev–Trinajstić information content (AvgIpc) is 2.07. The molecule has 2 nitrogen and oxygen atoms in total. The second kappa shape index (κ2) is 6.17. The molecule has 1 aliphatic heterocycles. The molecular formula is C7H16N2S2. The van der Waals surface area contributed by atoms with Gasteiger partial charge in [-0.2, -0.15) is 23.5 Å². The Morgan fingerprint density at radius 3 is 3.18 bits per heavy atom. The minimum atomic E-state index is 0.815. The molecule has 1 atom stereocenters. The number of rotatable bonds is 4. The van der Waals surface area contributed by atoms with Crippen molar-refractivity contribution in [2.45, 2.75) is 5.25 Å². The van der Waals surface area contributed by atoms with Crippen LogP contribution in [0.2, 0.25) is 0 Å². The predicted molar refractivity (Wildman–Crippen MR) is 55.5 cm³/mol. The highest BCUT2D eigenvalue weighted by Gasteiger charge is 2.12. The molecule has 1 fully saturated rings. The fourth-order valence-electron chi connectivity index (χ4n) is 1.02. The van der Waals surface area contributed by atoms with E-state index in [1.165, 1.54) is 24.6 Å². The van der Waals surface area contributed by atoms with Crippen LogP contribution < -0.4 is 11.1 Å². The number of nitrogens with two attached hydrogens (primary N) is 1. The quantitative estimate of drug-likeness (QED) is 0.632. The monoisotopic (exact) mass is 192 g/mol. The molecule has 1 rings (SSSR count). The van der Waals surface area contributed by atoms with Gasteiger partial charge in [0.25, 0.3) is 0 Å². The van der Waals surface area contributed by atoms with Gasteiger partial charge in [-0.15, -0.1) is 0 Å². The lowest BCUT2D eigenvalue weighted by molar-refractivity contribution is 0.699. The van der Waals surface area contributed by atoms with Gasteiger partial charge in [-0.3, -0.25) is 0 Å². The van der Waals surface area contributed by atoms with Gasteiger partial charge in [-0.05, 0) is 0 Å². The third-order valence-electron chi connectivity index (χ3n) is 1.57. The molecule has 0 amide bonds. The molecule has 11 heavy (non-hydrogen) atoms. The van der Waals surface area contributed by atoms with Crippen LogP contribution in [-0.4, -0.2) is 42.1 Å². The lowest BCUT2D eigenvalue weighted by Gasteiger charge is -2.21. The van der Waals surface area contributed by atoms with Crippen molar-refractivity contribution in [1.82, 2.24) is 5.32 Å². The topological polar surface area (TPSA) is 38.0 Å². The molecule has 0 aliphatic carbocycles. The SMILES string of the molecule is NCCSC[C@@H]1CNCCS1. The fourth-order valence-corrected chi connectivity index (χ4v) is 3.24. The fraction of sp³-hybridized carbons (Fsp3) is 1.00. The van der Waals surface area contributed by atoms with Gasteiger partial charge in [0.1, 0.15) is 0 Å². The third-order valence-corrected chi connectivity index (χ3v) is 4.19. The summed E-state index contributed by atoms with van der Waals surface area (Å²) < 4.78 is 0. The summed E-state index contributed by atoms with van der Waals surface area (Å²) in [6.07, 6.45) is 0. The molecule has 1 aliphatic rings. The highest BCUT2D eigenvalue weighted by molar-refractivity contribution is 8.03. The van der Waals surface area contributed by atoms with Crippen LogP contribution in [0.25, 0.3) is 0 Å². The normalized spacial score (nSPS) is 25.4. The maximum atomic E-state index is 5.40. The number of thioether (sulfide) groups is 2. The van der Waals surface area contributed by atoms with Crippen LogP contribution in [-0.2, 0) is 0 Å². The van der Waals surface area contributed by atoms with Crippen molar-refractivity contribution in [3.05, 3.63) is 0 Å². The predicted octanol–water partition coefficient (Wildman–Crippen LogP) is 0.383. The van der Waals surface area contributed by atoms with Crippen molar-refractivity contribution in [1.29, 1.82) is 0 Å². The second-order valence-electron chi connectivity index (χ2n) is 2.56. The summed E-state index contributed by atoms with van der Waals surface area (Å²) in [7, 11) is 0. The average molecular weight is 192 g/mol. The first kappa shape index (κ1) is 9.71. The van der Waals surface area contributed by atoms with Gasteiger partial charge >= 0.3 is 0 Å². The Morgan fingerprint density at radius 1 is 1.64 bits per heavy atom. The van der Waals surface area contributed by atoms with Gasteiger partial charge in [0.15, 0.2) is 0 Å². The van der Waals surface area contributed by atoms with E-state index < -0.39 is 0 Å². The van der Waals surface area contributed by atoms with Gasteiger partial charge in [0, 0.05) is 42.1 Å². The molecule has 0 unspecified atom stereocenters. The van der Waals surface area contributed by atoms with Crippen LogP contribution >= 0.6 is 23.5 Å². The van der Waals surface area contributed by atoms with E-state index in [1.807, 2.05) is 11.8 Å². The largest absolute Gasteiger partial charge is 0.330 e. The first-order valence-corrected chi connectivity index (χ1v) is 6.24. The number of hydrogen-bond acceptors (Lipinski definition) is 4. The highest BCUT2D eigenvalue weighted by Crippen LogP contribution is 2.17. The van der Waals surface area contributed by atoms with E-state index in [0.29, 0.717) is 0 Å². The summed E-state index contributed by atoms with van der Waals surface area (Å²) in [6, 6.07) is 0. The van der Waals surface area contributed by atoms with Gasteiger partial charge in [0.2, 0.25) is 0 Å². The molecule has 0 saturated carbocycles. The molecule has 0 radical (unpaired) electrons. The molecule has 0 bridgehead atoms. The summed E-state index contributed by atoms with van der Waals surface area (Å²) in [5, 5.41) is 4.22. The van der Waals surface area contributed by atoms with Crippen LogP contribution in [0, 0.1) is 0 Å². The van der Waals surface area contributed by atoms with Crippen molar-refractivity contribution in [3.8, 4) is 0 Å². The van der Waals surface area contributed by atoms with Crippen molar-refractivity contribution >= 4 is 23.5 Å². The summed E-state index contributed by atoms with van der Waals surface area (Å²) >= 11 is 4.06. The molecule has 0 spiro atoms. The first-order valence-electron chi connectivity index (χ1n) is 4.03. The van der Waals surface area contributed by atoms with E-state index in [1.54, 1.807) is 0 Å². The smallest absolute Gasteiger partial charge is 0.0263 e. The van der Waals surface area contributed by atoms with Gasteiger partial charge < -0.3 is 11.1 Å². The van der Waals surface area contributed by atoms with Crippen LogP contribution in [0.3, 0.4) is 0 Å². The Hall–Kier alpha value is 0.620. The van der Waals surface area contributed by atoms with E-state index in [9.17, 15) is 0 Å². The van der Waals surface area contributed by atoms with Crippen LogP contribution in [0.5, 0.6) is 0 Å². The van der Waals surface area contributed by atoms with Gasteiger partial charge in [-0.1, -0.05) is 0 Å². The standard InChI is InChI=1S/C7H16N2S2/c8-1-3-10-6-7-5-9-2-4-11-7/h7,9H,1-6,8H2/t7-/m0/s1. The van der Waals surface area contributed by atoms with E-state index in [2.05, 4.69) is 17.1 Å². The van der Waals surface area contributed by atoms with Crippen molar-refractivity contribution in [3.63, 3.8) is 0 Å². The van der Waals surface area contributed by atoms with Crippen LogP contribution in [0.4, 0.5) is 0 Å². The molecule has 0 aromatic heterocycles. The molecular weight excluding hydrogens is 176 g/mol. The number of hydrogen-bond donors (Lipinski definition) is 2. The molecule has 1 heterocycles.